The average molecular weight is 568 g/mol. The highest BCUT2D eigenvalue weighted by Crippen LogP contribution is 2.40. The van der Waals surface area contributed by atoms with Gasteiger partial charge in [-0.25, -0.2) is 13.6 Å². The summed E-state index contributed by atoms with van der Waals surface area (Å²) in [6.45, 7) is -0.0907. The number of hydrogen-bond donors (Lipinski definition) is 0. The number of nitrogens with zero attached hydrogens (tertiary/aromatic N) is 3. The molecule has 1 amide bonds. The molecule has 0 aliphatic carbocycles. The number of esters is 1. The van der Waals surface area contributed by atoms with Crippen LogP contribution in [0.4, 0.5) is 8.78 Å². The highest BCUT2D eigenvalue weighted by atomic mass is 35.5. The van der Waals surface area contributed by atoms with Gasteiger partial charge in [-0.1, -0.05) is 29.8 Å². The van der Waals surface area contributed by atoms with Crippen LogP contribution in [0.3, 0.4) is 0 Å². The Morgan fingerprint density at radius 3 is 2.65 bits per heavy atom. The van der Waals surface area contributed by atoms with Gasteiger partial charge in [0, 0.05) is 35.3 Å². The van der Waals surface area contributed by atoms with Crippen molar-refractivity contribution >= 4 is 23.5 Å². The summed E-state index contributed by atoms with van der Waals surface area (Å²) in [7, 11) is 2.92. The smallest absolute Gasteiger partial charge is 0.337 e. The van der Waals surface area contributed by atoms with Gasteiger partial charge < -0.3 is 19.1 Å². The van der Waals surface area contributed by atoms with E-state index in [4.69, 9.17) is 21.1 Å². The maximum absolute atomic E-state index is 14.6. The topological polar surface area (TPSA) is 82.9 Å². The van der Waals surface area contributed by atoms with Crippen molar-refractivity contribution in [3.8, 4) is 22.8 Å². The quantitative estimate of drug-likeness (QED) is 0.265. The molecule has 0 unspecified atom stereocenters. The highest BCUT2D eigenvalue weighted by molar-refractivity contribution is 6.31. The van der Waals surface area contributed by atoms with Gasteiger partial charge in [0.05, 0.1) is 24.9 Å². The van der Waals surface area contributed by atoms with E-state index in [-0.39, 0.29) is 43.3 Å². The number of aryl methyl sites for hydroxylation is 1. The first kappa shape index (κ1) is 27.1. The minimum atomic E-state index is -0.761. The molecule has 2 heterocycles. The minimum absolute atomic E-state index is 0.0139. The maximum atomic E-state index is 14.6. The molecule has 0 bridgehead atoms. The zero-order valence-electron chi connectivity index (χ0n) is 21.6. The van der Waals surface area contributed by atoms with Crippen molar-refractivity contribution in [2.75, 3.05) is 20.3 Å². The first-order valence-corrected chi connectivity index (χ1v) is 12.7. The Morgan fingerprint density at radius 1 is 1.10 bits per heavy atom. The molecule has 0 atom stereocenters. The predicted octanol–water partition coefficient (Wildman–Crippen LogP) is 5.42. The summed E-state index contributed by atoms with van der Waals surface area (Å²) in [6, 6.07) is 15.0. The number of halogens is 3. The summed E-state index contributed by atoms with van der Waals surface area (Å²) in [5, 5.41) is 4.99. The van der Waals surface area contributed by atoms with E-state index in [0.29, 0.717) is 33.2 Å². The summed E-state index contributed by atoms with van der Waals surface area (Å²) < 4.78 is 46.7. The van der Waals surface area contributed by atoms with Crippen molar-refractivity contribution in [1.82, 2.24) is 14.7 Å². The molecule has 1 aromatic heterocycles. The summed E-state index contributed by atoms with van der Waals surface area (Å²) >= 11 is 6.21. The van der Waals surface area contributed by atoms with E-state index >= 15 is 0 Å². The van der Waals surface area contributed by atoms with Crippen LogP contribution in [-0.4, -0.2) is 46.8 Å². The Hall–Kier alpha value is -4.44. The molecule has 1 aliphatic heterocycles. The maximum Gasteiger partial charge on any atom is 0.337 e. The number of fused-ring (bicyclic) bond motifs is 3. The fourth-order valence-corrected chi connectivity index (χ4v) is 4.71. The van der Waals surface area contributed by atoms with Crippen LogP contribution in [0.25, 0.3) is 11.3 Å². The third kappa shape index (κ3) is 5.35. The zero-order valence-corrected chi connectivity index (χ0v) is 22.4. The van der Waals surface area contributed by atoms with Gasteiger partial charge in [-0.15, -0.1) is 0 Å². The third-order valence-corrected chi connectivity index (χ3v) is 6.73. The number of carbonyl (C=O) groups excluding carboxylic acids is 2. The van der Waals surface area contributed by atoms with Crippen molar-refractivity contribution in [1.29, 1.82) is 0 Å². The van der Waals surface area contributed by atoms with E-state index in [1.165, 1.54) is 30.2 Å². The van der Waals surface area contributed by atoms with Crippen molar-refractivity contribution < 1.29 is 32.6 Å². The van der Waals surface area contributed by atoms with Crippen molar-refractivity contribution in [3.05, 3.63) is 99.7 Å². The van der Waals surface area contributed by atoms with Gasteiger partial charge in [-0.2, -0.15) is 5.10 Å². The van der Waals surface area contributed by atoms with Crippen LogP contribution in [0.15, 0.2) is 60.7 Å². The molecule has 0 fully saturated rings. The van der Waals surface area contributed by atoms with Crippen LogP contribution < -0.4 is 9.47 Å². The summed E-state index contributed by atoms with van der Waals surface area (Å²) in [5.41, 5.74) is 2.45. The normalized spacial score (nSPS) is 11.7. The molecule has 4 aromatic rings. The Balaban J connectivity index is 1.41. The molecule has 0 N–H and O–H groups in total. The number of benzene rings is 3. The Kier molecular flexibility index (Phi) is 7.70. The van der Waals surface area contributed by atoms with Gasteiger partial charge in [-0.05, 0) is 42.5 Å². The van der Waals surface area contributed by atoms with Crippen LogP contribution in [-0.2, 0) is 24.9 Å². The molecule has 206 valence electrons. The van der Waals surface area contributed by atoms with E-state index in [1.54, 1.807) is 48.1 Å². The second kappa shape index (κ2) is 11.4. The SMILES string of the molecule is COC(=O)c1ccc(OCCN(Cc2ccccc2F)C(=O)c2nn(C)c3c2COc2ccc(Cl)cc2-3)c(F)c1. The molecule has 40 heavy (non-hydrogen) atoms. The van der Waals surface area contributed by atoms with E-state index < -0.39 is 23.5 Å². The van der Waals surface area contributed by atoms with Gasteiger partial charge >= 0.3 is 5.97 Å². The van der Waals surface area contributed by atoms with Crippen LogP contribution in [0, 0.1) is 11.6 Å². The van der Waals surface area contributed by atoms with Crippen molar-refractivity contribution in [2.24, 2.45) is 7.05 Å². The van der Waals surface area contributed by atoms with Gasteiger partial charge in [0.25, 0.3) is 5.91 Å². The largest absolute Gasteiger partial charge is 0.489 e. The summed E-state index contributed by atoms with van der Waals surface area (Å²) in [5.74, 6) is -1.87. The lowest BCUT2D eigenvalue weighted by Gasteiger charge is -2.24. The van der Waals surface area contributed by atoms with Crippen LogP contribution in [0.5, 0.6) is 11.5 Å². The molecular formula is C29H24ClF2N3O5. The second-order valence-electron chi connectivity index (χ2n) is 9.03. The first-order chi connectivity index (χ1) is 19.3. The molecule has 8 nitrogen and oxygen atoms in total. The van der Waals surface area contributed by atoms with Gasteiger partial charge in [0.2, 0.25) is 0 Å². The summed E-state index contributed by atoms with van der Waals surface area (Å²) in [4.78, 5) is 26.9. The number of rotatable bonds is 8. The van der Waals surface area contributed by atoms with Crippen LogP contribution >= 0.6 is 11.6 Å². The van der Waals surface area contributed by atoms with E-state index in [9.17, 15) is 18.4 Å². The number of aromatic nitrogens is 2. The lowest BCUT2D eigenvalue weighted by molar-refractivity contribution is 0.0599. The van der Waals surface area contributed by atoms with Crippen molar-refractivity contribution in [2.45, 2.75) is 13.2 Å². The molecule has 1 aliphatic rings. The molecule has 3 aromatic carbocycles. The van der Waals surface area contributed by atoms with Gasteiger partial charge in [0.15, 0.2) is 17.3 Å². The lowest BCUT2D eigenvalue weighted by Crippen LogP contribution is -2.35. The molecule has 0 spiro atoms. The number of hydrogen-bond acceptors (Lipinski definition) is 6. The molecule has 0 saturated heterocycles. The predicted molar refractivity (Wildman–Crippen MR) is 142 cm³/mol. The Bertz CT molecular complexity index is 1610. The molecule has 11 heteroatoms. The van der Waals surface area contributed by atoms with Gasteiger partial charge in [-0.3, -0.25) is 9.48 Å². The summed E-state index contributed by atoms with van der Waals surface area (Å²) in [6.07, 6.45) is 0. The highest BCUT2D eigenvalue weighted by Gasteiger charge is 2.31. The third-order valence-electron chi connectivity index (χ3n) is 6.49. The minimum Gasteiger partial charge on any atom is -0.489 e. The second-order valence-corrected chi connectivity index (χ2v) is 9.47. The molecule has 5 rings (SSSR count). The lowest BCUT2D eigenvalue weighted by atomic mass is 10.0. The van der Waals surface area contributed by atoms with E-state index in [0.717, 1.165) is 6.07 Å². The number of methoxy groups -OCH3 is 1. The first-order valence-electron chi connectivity index (χ1n) is 12.3. The standard InChI is InChI=1S/C29H24ClF2N3O5/c1-34-27-20-14-19(30)8-10-24(20)40-16-21(27)26(33-34)28(36)35(15-18-5-3-4-6-22(18)31)11-12-39-25-9-7-17(13-23(25)32)29(37)38-2/h3-10,13-14H,11-12,15-16H2,1-2H3. The van der Waals surface area contributed by atoms with Crippen LogP contribution in [0.2, 0.25) is 5.02 Å². The average Bonchev–Trinajstić information content (AvgIpc) is 3.30. The Labute approximate surface area is 233 Å². The molecule has 0 radical (unpaired) electrons. The van der Waals surface area contributed by atoms with Gasteiger partial charge in [0.1, 0.15) is 24.8 Å². The van der Waals surface area contributed by atoms with Crippen LogP contribution in [0.1, 0.15) is 32.0 Å². The fraction of sp³-hybridized carbons (Fsp3) is 0.207. The Morgan fingerprint density at radius 2 is 1.90 bits per heavy atom. The number of amides is 1. The van der Waals surface area contributed by atoms with Crippen molar-refractivity contribution in [3.63, 3.8) is 0 Å². The molecule has 0 saturated carbocycles. The number of carbonyl (C=O) groups is 2. The zero-order chi connectivity index (χ0) is 28.4. The number of ether oxygens (including phenoxy) is 3. The fourth-order valence-electron chi connectivity index (χ4n) is 4.54. The van der Waals surface area contributed by atoms with E-state index in [2.05, 4.69) is 9.84 Å². The molecular weight excluding hydrogens is 544 g/mol. The monoisotopic (exact) mass is 567 g/mol. The van der Waals surface area contributed by atoms with E-state index in [1.807, 2.05) is 0 Å².